The average molecular weight is 255 g/mol. The molecule has 0 aliphatic rings. The molecule has 102 valence electrons. The minimum absolute atomic E-state index is 0.140. The Labute approximate surface area is 108 Å². The highest BCUT2D eigenvalue weighted by molar-refractivity contribution is 5.54. The van der Waals surface area contributed by atoms with Crippen molar-refractivity contribution in [1.29, 1.82) is 0 Å². The highest BCUT2D eigenvalue weighted by Crippen LogP contribution is 2.39. The molecule has 0 aliphatic heterocycles. The lowest BCUT2D eigenvalue weighted by atomic mass is 10.1. The van der Waals surface area contributed by atoms with Gasteiger partial charge in [-0.2, -0.15) is 0 Å². The van der Waals surface area contributed by atoms with Gasteiger partial charge in [0.25, 0.3) is 0 Å². The van der Waals surface area contributed by atoms with Gasteiger partial charge in [0, 0.05) is 0 Å². The Morgan fingerprint density at radius 2 is 1.56 bits per heavy atom. The molecule has 1 rings (SSSR count). The molecule has 0 saturated heterocycles. The van der Waals surface area contributed by atoms with Crippen LogP contribution in [0.25, 0.3) is 0 Å². The first-order valence-electron chi connectivity index (χ1n) is 5.51. The van der Waals surface area contributed by atoms with E-state index in [1.54, 1.807) is 21.3 Å². The van der Waals surface area contributed by atoms with Crippen LogP contribution in [-0.2, 0) is 0 Å². The van der Waals surface area contributed by atoms with Crippen LogP contribution in [0.15, 0.2) is 12.1 Å². The number of rotatable bonds is 6. The Balaban J connectivity index is 3.30. The van der Waals surface area contributed by atoms with Crippen molar-refractivity contribution < 1.29 is 14.2 Å². The SMILES string of the molecule is COc1cc(C(NN)N(C)C)cc(OC)c1OC. The van der Waals surface area contributed by atoms with Crippen molar-refractivity contribution in [3.05, 3.63) is 17.7 Å². The Kier molecular flexibility index (Phi) is 5.21. The Bertz CT molecular complexity index is 371. The highest BCUT2D eigenvalue weighted by atomic mass is 16.5. The van der Waals surface area contributed by atoms with Crippen LogP contribution in [0, 0.1) is 0 Å². The van der Waals surface area contributed by atoms with Crippen molar-refractivity contribution in [3.8, 4) is 17.2 Å². The number of nitrogens with zero attached hydrogens (tertiary/aromatic N) is 1. The van der Waals surface area contributed by atoms with Gasteiger partial charge in [0.1, 0.15) is 0 Å². The number of ether oxygens (including phenoxy) is 3. The minimum Gasteiger partial charge on any atom is -0.493 e. The molecule has 0 aromatic heterocycles. The summed E-state index contributed by atoms with van der Waals surface area (Å²) in [6.07, 6.45) is -0.140. The third-order valence-electron chi connectivity index (χ3n) is 2.68. The van der Waals surface area contributed by atoms with E-state index in [-0.39, 0.29) is 6.17 Å². The van der Waals surface area contributed by atoms with Gasteiger partial charge in [-0.15, -0.1) is 0 Å². The molecule has 3 N–H and O–H groups in total. The third-order valence-corrected chi connectivity index (χ3v) is 2.68. The van der Waals surface area contributed by atoms with E-state index >= 15 is 0 Å². The summed E-state index contributed by atoms with van der Waals surface area (Å²) in [6.45, 7) is 0. The molecule has 1 aromatic rings. The molecule has 0 heterocycles. The monoisotopic (exact) mass is 255 g/mol. The van der Waals surface area contributed by atoms with Crippen molar-refractivity contribution in [2.24, 2.45) is 5.84 Å². The molecule has 18 heavy (non-hydrogen) atoms. The van der Waals surface area contributed by atoms with E-state index in [1.165, 1.54) is 0 Å². The van der Waals surface area contributed by atoms with Crippen LogP contribution in [0.5, 0.6) is 17.2 Å². The lowest BCUT2D eigenvalue weighted by molar-refractivity contribution is 0.250. The normalized spacial score (nSPS) is 12.4. The first-order valence-corrected chi connectivity index (χ1v) is 5.51. The number of nitrogens with two attached hydrogens (primary N) is 1. The topological polar surface area (TPSA) is 69.0 Å². The zero-order valence-corrected chi connectivity index (χ0v) is 11.5. The summed E-state index contributed by atoms with van der Waals surface area (Å²) in [5.74, 6) is 7.33. The molecule has 1 aromatic carbocycles. The van der Waals surface area contributed by atoms with Crippen LogP contribution >= 0.6 is 0 Å². The molecule has 0 spiro atoms. The van der Waals surface area contributed by atoms with Crippen LogP contribution in [0.2, 0.25) is 0 Å². The fraction of sp³-hybridized carbons (Fsp3) is 0.500. The first kappa shape index (κ1) is 14.6. The summed E-state index contributed by atoms with van der Waals surface area (Å²) in [7, 11) is 8.59. The van der Waals surface area contributed by atoms with Gasteiger partial charge in [-0.05, 0) is 31.8 Å². The number of hydrogen-bond acceptors (Lipinski definition) is 6. The number of hydrazine groups is 1. The predicted molar refractivity (Wildman–Crippen MR) is 69.8 cm³/mol. The molecule has 1 unspecified atom stereocenters. The Morgan fingerprint density at radius 3 is 1.83 bits per heavy atom. The first-order chi connectivity index (χ1) is 8.58. The van der Waals surface area contributed by atoms with Gasteiger partial charge in [0.05, 0.1) is 27.5 Å². The van der Waals surface area contributed by atoms with E-state index in [9.17, 15) is 0 Å². The molecule has 6 heteroatoms. The molecule has 0 saturated carbocycles. The van der Waals surface area contributed by atoms with Crippen molar-refractivity contribution in [2.75, 3.05) is 35.4 Å². The maximum Gasteiger partial charge on any atom is 0.203 e. The third kappa shape index (κ3) is 2.84. The maximum atomic E-state index is 5.55. The second-order valence-corrected chi connectivity index (χ2v) is 3.99. The number of methoxy groups -OCH3 is 3. The molecule has 0 aliphatic carbocycles. The van der Waals surface area contributed by atoms with Crippen molar-refractivity contribution in [3.63, 3.8) is 0 Å². The van der Waals surface area contributed by atoms with Crippen LogP contribution < -0.4 is 25.5 Å². The quantitative estimate of drug-likeness (QED) is 0.444. The fourth-order valence-corrected chi connectivity index (χ4v) is 1.80. The smallest absolute Gasteiger partial charge is 0.203 e. The van der Waals surface area contributed by atoms with E-state index in [4.69, 9.17) is 20.1 Å². The average Bonchev–Trinajstić information content (AvgIpc) is 2.37. The van der Waals surface area contributed by atoms with Gasteiger partial charge in [-0.25, -0.2) is 5.43 Å². The molecular weight excluding hydrogens is 234 g/mol. The Hall–Kier alpha value is -1.50. The summed E-state index contributed by atoms with van der Waals surface area (Å²) in [5, 5.41) is 0. The number of hydrogen-bond donors (Lipinski definition) is 2. The zero-order chi connectivity index (χ0) is 13.7. The van der Waals surface area contributed by atoms with E-state index in [0.29, 0.717) is 17.2 Å². The van der Waals surface area contributed by atoms with E-state index in [0.717, 1.165) is 5.56 Å². The van der Waals surface area contributed by atoms with Gasteiger partial charge >= 0.3 is 0 Å². The molecule has 0 amide bonds. The molecular formula is C12H21N3O3. The van der Waals surface area contributed by atoms with E-state index < -0.39 is 0 Å². The van der Waals surface area contributed by atoms with Crippen LogP contribution in [0.3, 0.4) is 0 Å². The van der Waals surface area contributed by atoms with Gasteiger partial charge in [0.15, 0.2) is 11.5 Å². The number of benzene rings is 1. The largest absolute Gasteiger partial charge is 0.493 e. The molecule has 0 radical (unpaired) electrons. The van der Waals surface area contributed by atoms with Gasteiger partial charge < -0.3 is 14.2 Å². The van der Waals surface area contributed by atoms with Crippen molar-refractivity contribution >= 4 is 0 Å². The second-order valence-electron chi connectivity index (χ2n) is 3.99. The van der Waals surface area contributed by atoms with Crippen molar-refractivity contribution in [1.82, 2.24) is 10.3 Å². The summed E-state index contributed by atoms with van der Waals surface area (Å²) >= 11 is 0. The van der Waals surface area contributed by atoms with Crippen LogP contribution in [0.1, 0.15) is 11.7 Å². The standard InChI is InChI=1S/C12H21N3O3/c1-15(2)12(14-13)8-6-9(16-3)11(18-5)10(7-8)17-4/h6-7,12,14H,13H2,1-5H3. The molecule has 6 nitrogen and oxygen atoms in total. The van der Waals surface area contributed by atoms with Gasteiger partial charge in [-0.3, -0.25) is 10.7 Å². The maximum absolute atomic E-state index is 5.55. The van der Waals surface area contributed by atoms with Gasteiger partial charge in [0.2, 0.25) is 5.75 Å². The van der Waals surface area contributed by atoms with E-state index in [1.807, 2.05) is 31.1 Å². The van der Waals surface area contributed by atoms with Crippen LogP contribution in [0.4, 0.5) is 0 Å². The van der Waals surface area contributed by atoms with Crippen LogP contribution in [-0.4, -0.2) is 40.3 Å². The minimum atomic E-state index is -0.140. The summed E-state index contributed by atoms with van der Waals surface area (Å²) in [4.78, 5) is 1.95. The zero-order valence-electron chi connectivity index (χ0n) is 11.5. The lowest BCUT2D eigenvalue weighted by Crippen LogP contribution is -2.37. The summed E-state index contributed by atoms with van der Waals surface area (Å²) in [5.41, 5.74) is 3.66. The number of nitrogens with one attached hydrogen (secondary N) is 1. The summed E-state index contributed by atoms with van der Waals surface area (Å²) in [6, 6.07) is 3.73. The predicted octanol–water partition coefficient (Wildman–Crippen LogP) is 0.736. The second kappa shape index (κ2) is 6.44. The van der Waals surface area contributed by atoms with E-state index in [2.05, 4.69) is 5.43 Å². The fourth-order valence-electron chi connectivity index (χ4n) is 1.80. The Morgan fingerprint density at radius 1 is 1.06 bits per heavy atom. The van der Waals surface area contributed by atoms with Gasteiger partial charge in [-0.1, -0.05) is 0 Å². The lowest BCUT2D eigenvalue weighted by Gasteiger charge is -2.25. The highest BCUT2D eigenvalue weighted by Gasteiger charge is 2.19. The molecule has 0 fully saturated rings. The summed E-state index contributed by atoms with van der Waals surface area (Å²) < 4.78 is 15.9. The van der Waals surface area contributed by atoms with Crippen molar-refractivity contribution in [2.45, 2.75) is 6.17 Å². The molecule has 0 bridgehead atoms. The molecule has 1 atom stereocenters.